The Hall–Kier alpha value is -3.61. The van der Waals surface area contributed by atoms with Crippen molar-refractivity contribution in [2.75, 3.05) is 11.5 Å². The molecule has 0 saturated heterocycles. The fourth-order valence-electron chi connectivity index (χ4n) is 2.68. The number of phenolic OH excluding ortho intramolecular Hbond substituents is 1. The van der Waals surface area contributed by atoms with Crippen LogP contribution in [0.3, 0.4) is 0 Å². The molecule has 0 fully saturated rings. The van der Waals surface area contributed by atoms with Crippen molar-refractivity contribution in [3.05, 3.63) is 72.3 Å². The second-order valence-electron chi connectivity index (χ2n) is 5.77. The van der Waals surface area contributed by atoms with Crippen molar-refractivity contribution in [3.8, 4) is 11.5 Å². The number of rotatable bonds is 7. The zero-order valence-corrected chi connectivity index (χ0v) is 14.7. The van der Waals surface area contributed by atoms with E-state index in [1.54, 1.807) is 36.7 Å². The number of carboxylic acid groups (broad SMARTS) is 1. The molecule has 1 heterocycles. The van der Waals surface area contributed by atoms with Crippen LogP contribution < -0.4 is 9.64 Å². The van der Waals surface area contributed by atoms with Crippen molar-refractivity contribution in [1.82, 2.24) is 9.97 Å². The summed E-state index contributed by atoms with van der Waals surface area (Å²) in [5, 5.41) is 19.6. The summed E-state index contributed by atoms with van der Waals surface area (Å²) in [5.41, 5.74) is 2.37. The van der Waals surface area contributed by atoms with Crippen LogP contribution in [0.5, 0.6) is 11.5 Å². The molecule has 27 heavy (non-hydrogen) atoms. The first-order chi connectivity index (χ1) is 13.1. The minimum atomic E-state index is -1.01. The fourth-order valence-corrected chi connectivity index (χ4v) is 2.68. The van der Waals surface area contributed by atoms with Gasteiger partial charge in [-0.1, -0.05) is 6.07 Å². The zero-order chi connectivity index (χ0) is 19.2. The second kappa shape index (κ2) is 8.18. The first-order valence-corrected chi connectivity index (χ1v) is 8.39. The Labute approximate surface area is 156 Å². The number of hydrogen-bond donors (Lipinski definition) is 2. The summed E-state index contributed by atoms with van der Waals surface area (Å²) < 4.78 is 5.38. The number of aromatic nitrogens is 2. The molecule has 2 aromatic carbocycles. The van der Waals surface area contributed by atoms with Crippen LogP contribution in [0.2, 0.25) is 0 Å². The molecule has 0 aliphatic heterocycles. The van der Waals surface area contributed by atoms with Crippen LogP contribution in [0, 0.1) is 0 Å². The van der Waals surface area contributed by atoms with Gasteiger partial charge in [-0.3, -0.25) is 0 Å². The Morgan fingerprint density at radius 3 is 2.52 bits per heavy atom. The van der Waals surface area contributed by atoms with Gasteiger partial charge < -0.3 is 19.8 Å². The molecule has 0 amide bonds. The van der Waals surface area contributed by atoms with Gasteiger partial charge in [0.1, 0.15) is 6.33 Å². The third-order valence-corrected chi connectivity index (χ3v) is 3.91. The van der Waals surface area contributed by atoms with Crippen molar-refractivity contribution in [2.45, 2.75) is 13.5 Å². The Morgan fingerprint density at radius 2 is 1.85 bits per heavy atom. The third-order valence-electron chi connectivity index (χ3n) is 3.91. The molecular weight excluding hydrogens is 346 g/mol. The molecule has 2 N–H and O–H groups in total. The average Bonchev–Trinajstić information content (AvgIpc) is 2.69. The van der Waals surface area contributed by atoms with Crippen molar-refractivity contribution >= 4 is 17.3 Å². The van der Waals surface area contributed by atoms with Gasteiger partial charge in [0.25, 0.3) is 0 Å². The summed E-state index contributed by atoms with van der Waals surface area (Å²) in [4.78, 5) is 21.3. The predicted octanol–water partition coefficient (Wildman–Crippen LogP) is 3.62. The van der Waals surface area contributed by atoms with Gasteiger partial charge in [0.2, 0.25) is 0 Å². The largest absolute Gasteiger partial charge is 0.504 e. The number of aromatic carboxylic acids is 1. The molecule has 0 atom stereocenters. The lowest BCUT2D eigenvalue weighted by molar-refractivity contribution is 0.0697. The molecule has 3 rings (SSSR count). The maximum Gasteiger partial charge on any atom is 0.335 e. The van der Waals surface area contributed by atoms with Gasteiger partial charge in [0, 0.05) is 35.4 Å². The van der Waals surface area contributed by atoms with E-state index in [-0.39, 0.29) is 11.3 Å². The van der Waals surface area contributed by atoms with Crippen molar-refractivity contribution in [3.63, 3.8) is 0 Å². The van der Waals surface area contributed by atoms with Gasteiger partial charge >= 0.3 is 5.97 Å². The summed E-state index contributed by atoms with van der Waals surface area (Å²) in [7, 11) is 0. The van der Waals surface area contributed by atoms with E-state index in [4.69, 9.17) is 4.74 Å². The van der Waals surface area contributed by atoms with Crippen LogP contribution in [-0.2, 0) is 6.54 Å². The molecule has 0 saturated carbocycles. The number of anilines is 2. The summed E-state index contributed by atoms with van der Waals surface area (Å²) in [6.07, 6.45) is 4.83. The molecule has 0 spiro atoms. The first kappa shape index (κ1) is 18.2. The van der Waals surface area contributed by atoms with Crippen LogP contribution in [-0.4, -0.2) is 32.8 Å². The van der Waals surface area contributed by atoms with Gasteiger partial charge in [-0.05, 0) is 37.3 Å². The number of phenols is 1. The Morgan fingerprint density at radius 1 is 1.11 bits per heavy atom. The van der Waals surface area contributed by atoms with E-state index >= 15 is 0 Å². The van der Waals surface area contributed by atoms with E-state index in [0.29, 0.717) is 30.3 Å². The number of aromatic hydroxyl groups is 1. The standard InChI is InChI=1S/C20H19N3O4/c1-2-27-19-7-6-17(9-18(19)24)23(12-14-10-21-13-22-11-14)16-5-3-4-15(8-16)20(25)26/h3-11,13,24H,2,12H2,1H3,(H,25,26). The molecule has 0 bridgehead atoms. The van der Waals surface area contributed by atoms with Gasteiger partial charge in [-0.15, -0.1) is 0 Å². The predicted molar refractivity (Wildman–Crippen MR) is 101 cm³/mol. The smallest absolute Gasteiger partial charge is 0.335 e. The van der Waals surface area contributed by atoms with Crippen molar-refractivity contribution < 1.29 is 19.7 Å². The summed E-state index contributed by atoms with van der Waals surface area (Å²) in [6.45, 7) is 2.68. The van der Waals surface area contributed by atoms with E-state index in [9.17, 15) is 15.0 Å². The topological polar surface area (TPSA) is 95.8 Å². The number of ether oxygens (including phenoxy) is 1. The molecule has 7 nitrogen and oxygen atoms in total. The molecule has 138 valence electrons. The Balaban J connectivity index is 2.03. The summed E-state index contributed by atoms with van der Waals surface area (Å²) in [5.74, 6) is -0.601. The third kappa shape index (κ3) is 4.33. The molecule has 7 heteroatoms. The highest BCUT2D eigenvalue weighted by Gasteiger charge is 2.15. The maximum absolute atomic E-state index is 11.3. The van der Waals surface area contributed by atoms with Crippen LogP contribution >= 0.6 is 0 Å². The number of carboxylic acids is 1. The molecule has 1 aromatic heterocycles. The van der Waals surface area contributed by atoms with Gasteiger partial charge in [-0.25, -0.2) is 14.8 Å². The van der Waals surface area contributed by atoms with Crippen LogP contribution in [0.15, 0.2) is 61.2 Å². The number of nitrogens with zero attached hydrogens (tertiary/aromatic N) is 3. The lowest BCUT2D eigenvalue weighted by Crippen LogP contribution is -2.17. The average molecular weight is 365 g/mol. The lowest BCUT2D eigenvalue weighted by atomic mass is 10.1. The van der Waals surface area contributed by atoms with E-state index in [1.165, 1.54) is 12.4 Å². The quantitative estimate of drug-likeness (QED) is 0.660. The number of carbonyl (C=O) groups is 1. The highest BCUT2D eigenvalue weighted by Crippen LogP contribution is 2.35. The normalized spacial score (nSPS) is 10.4. The van der Waals surface area contributed by atoms with Crippen LogP contribution in [0.4, 0.5) is 11.4 Å². The lowest BCUT2D eigenvalue weighted by Gasteiger charge is -2.26. The molecule has 0 unspecified atom stereocenters. The minimum absolute atomic E-state index is 0.0121. The molecular formula is C20H19N3O4. The molecule has 3 aromatic rings. The Kier molecular flexibility index (Phi) is 5.51. The fraction of sp³-hybridized carbons (Fsp3) is 0.150. The Bertz CT molecular complexity index is 932. The number of hydrogen-bond acceptors (Lipinski definition) is 6. The first-order valence-electron chi connectivity index (χ1n) is 8.39. The van der Waals surface area contributed by atoms with E-state index in [2.05, 4.69) is 9.97 Å². The number of benzene rings is 2. The SMILES string of the molecule is CCOc1ccc(N(Cc2cncnc2)c2cccc(C(=O)O)c2)cc1O. The monoisotopic (exact) mass is 365 g/mol. The van der Waals surface area contributed by atoms with E-state index < -0.39 is 5.97 Å². The maximum atomic E-state index is 11.3. The molecule has 0 aliphatic rings. The summed E-state index contributed by atoms with van der Waals surface area (Å²) >= 11 is 0. The zero-order valence-electron chi connectivity index (χ0n) is 14.7. The van der Waals surface area contributed by atoms with E-state index in [1.807, 2.05) is 24.0 Å². The van der Waals surface area contributed by atoms with Crippen molar-refractivity contribution in [2.24, 2.45) is 0 Å². The van der Waals surface area contributed by atoms with Gasteiger partial charge in [-0.2, -0.15) is 0 Å². The van der Waals surface area contributed by atoms with Gasteiger partial charge in [0.05, 0.1) is 18.7 Å². The highest BCUT2D eigenvalue weighted by molar-refractivity contribution is 5.89. The minimum Gasteiger partial charge on any atom is -0.504 e. The highest BCUT2D eigenvalue weighted by atomic mass is 16.5. The summed E-state index contributed by atoms with van der Waals surface area (Å²) in [6, 6.07) is 11.7. The van der Waals surface area contributed by atoms with Crippen LogP contribution in [0.25, 0.3) is 0 Å². The second-order valence-corrected chi connectivity index (χ2v) is 5.77. The van der Waals surface area contributed by atoms with E-state index in [0.717, 1.165) is 5.56 Å². The molecule has 0 radical (unpaired) electrons. The van der Waals surface area contributed by atoms with Gasteiger partial charge in [0.15, 0.2) is 11.5 Å². The van der Waals surface area contributed by atoms with Crippen LogP contribution in [0.1, 0.15) is 22.8 Å². The van der Waals surface area contributed by atoms with Crippen molar-refractivity contribution in [1.29, 1.82) is 0 Å². The molecule has 0 aliphatic carbocycles.